The van der Waals surface area contributed by atoms with E-state index in [1.54, 1.807) is 6.07 Å². The fraction of sp³-hybridized carbons (Fsp3) is 0.0385. The maximum absolute atomic E-state index is 13.5. The maximum Gasteiger partial charge on any atom is 0.261 e. The number of anilines is 1. The molecule has 1 atom stereocenters. The number of para-hydroxylation sites is 1. The van der Waals surface area contributed by atoms with Gasteiger partial charge in [-0.25, -0.2) is 0 Å². The zero-order chi connectivity index (χ0) is 19.8. The van der Waals surface area contributed by atoms with Crippen LogP contribution in [0.4, 0.5) is 5.69 Å². The van der Waals surface area contributed by atoms with E-state index in [0.29, 0.717) is 22.4 Å². The Labute approximate surface area is 169 Å². The Kier molecular flexibility index (Phi) is 4.04. The van der Waals surface area contributed by atoms with E-state index < -0.39 is 5.72 Å². The van der Waals surface area contributed by atoms with Crippen LogP contribution in [0.25, 0.3) is 11.1 Å². The molecule has 3 heteroatoms. The van der Waals surface area contributed by atoms with Gasteiger partial charge in [0.1, 0.15) is 0 Å². The third-order valence-electron chi connectivity index (χ3n) is 5.47. The molecule has 140 valence electrons. The summed E-state index contributed by atoms with van der Waals surface area (Å²) in [6.45, 7) is 0. The second-order valence-corrected chi connectivity index (χ2v) is 7.11. The van der Waals surface area contributed by atoms with E-state index in [9.17, 15) is 9.90 Å². The lowest BCUT2D eigenvalue weighted by Crippen LogP contribution is -2.45. The van der Waals surface area contributed by atoms with E-state index >= 15 is 0 Å². The van der Waals surface area contributed by atoms with E-state index in [1.807, 2.05) is 103 Å². The van der Waals surface area contributed by atoms with Crippen LogP contribution in [0.15, 0.2) is 109 Å². The lowest BCUT2D eigenvalue weighted by Gasteiger charge is -2.36. The molecule has 4 aromatic carbocycles. The van der Waals surface area contributed by atoms with E-state index in [0.717, 1.165) is 11.1 Å². The molecule has 1 aliphatic rings. The molecule has 1 N–H and O–H groups in total. The van der Waals surface area contributed by atoms with Gasteiger partial charge in [-0.15, -0.1) is 0 Å². The first-order valence-corrected chi connectivity index (χ1v) is 9.57. The van der Waals surface area contributed by atoms with Crippen LogP contribution >= 0.6 is 0 Å². The third-order valence-corrected chi connectivity index (χ3v) is 5.47. The van der Waals surface area contributed by atoms with Gasteiger partial charge in [0, 0.05) is 22.3 Å². The quantitative estimate of drug-likeness (QED) is 0.533. The number of benzene rings is 4. The number of carbonyl (C=O) groups excluding carboxylic acids is 1. The summed E-state index contributed by atoms with van der Waals surface area (Å²) in [5.41, 5.74) is 2.74. The highest BCUT2D eigenvalue weighted by Gasteiger charge is 2.51. The predicted octanol–water partition coefficient (Wildman–Crippen LogP) is 5.21. The maximum atomic E-state index is 13.5. The van der Waals surface area contributed by atoms with Crippen LogP contribution < -0.4 is 4.90 Å². The van der Waals surface area contributed by atoms with Crippen molar-refractivity contribution in [3.63, 3.8) is 0 Å². The van der Waals surface area contributed by atoms with Gasteiger partial charge in [-0.3, -0.25) is 9.69 Å². The molecule has 0 unspecified atom stereocenters. The van der Waals surface area contributed by atoms with Crippen LogP contribution in [-0.4, -0.2) is 11.0 Å². The molecule has 0 bridgehead atoms. The van der Waals surface area contributed by atoms with Crippen molar-refractivity contribution in [3.8, 4) is 11.1 Å². The average molecular weight is 377 g/mol. The summed E-state index contributed by atoms with van der Waals surface area (Å²) >= 11 is 0. The lowest BCUT2D eigenvalue weighted by atomic mass is 9.93. The van der Waals surface area contributed by atoms with E-state index in [1.165, 1.54) is 4.90 Å². The third kappa shape index (κ3) is 2.59. The van der Waals surface area contributed by atoms with Crippen LogP contribution in [0, 0.1) is 0 Å². The van der Waals surface area contributed by atoms with Gasteiger partial charge in [0.25, 0.3) is 5.91 Å². The second-order valence-electron chi connectivity index (χ2n) is 7.11. The highest BCUT2D eigenvalue weighted by atomic mass is 16.3. The van der Waals surface area contributed by atoms with Gasteiger partial charge in [-0.1, -0.05) is 97.1 Å². The fourth-order valence-electron chi connectivity index (χ4n) is 4.13. The molecule has 0 fully saturated rings. The average Bonchev–Trinajstić information content (AvgIpc) is 3.03. The van der Waals surface area contributed by atoms with Crippen molar-refractivity contribution in [2.24, 2.45) is 0 Å². The van der Waals surface area contributed by atoms with Gasteiger partial charge < -0.3 is 5.11 Å². The van der Waals surface area contributed by atoms with Crippen molar-refractivity contribution >= 4 is 11.6 Å². The minimum Gasteiger partial charge on any atom is -0.363 e. The Hall–Kier alpha value is -3.69. The first kappa shape index (κ1) is 17.4. The Morgan fingerprint density at radius 3 is 1.90 bits per heavy atom. The molecule has 4 aromatic rings. The van der Waals surface area contributed by atoms with Gasteiger partial charge >= 0.3 is 0 Å². The largest absolute Gasteiger partial charge is 0.363 e. The molecule has 3 nitrogen and oxygen atoms in total. The van der Waals surface area contributed by atoms with Crippen molar-refractivity contribution in [3.05, 3.63) is 126 Å². The lowest BCUT2D eigenvalue weighted by molar-refractivity contribution is 0.0704. The van der Waals surface area contributed by atoms with Gasteiger partial charge in [-0.2, -0.15) is 0 Å². The van der Waals surface area contributed by atoms with Crippen molar-refractivity contribution in [1.29, 1.82) is 0 Å². The first-order valence-electron chi connectivity index (χ1n) is 9.57. The molecule has 1 aliphatic heterocycles. The number of rotatable bonds is 3. The molecule has 0 saturated heterocycles. The molecule has 29 heavy (non-hydrogen) atoms. The van der Waals surface area contributed by atoms with Crippen LogP contribution in [0.2, 0.25) is 0 Å². The summed E-state index contributed by atoms with van der Waals surface area (Å²) in [5.74, 6) is -0.213. The summed E-state index contributed by atoms with van der Waals surface area (Å²) in [4.78, 5) is 15.1. The van der Waals surface area contributed by atoms with Gasteiger partial charge in [-0.05, 0) is 17.7 Å². The standard InChI is InChI=1S/C26H19NO2/c28-25-22-16-7-9-17-23(22)26(29,20-13-5-2-6-14-20)27(25)24-18-10-8-15-21(24)19-11-3-1-4-12-19/h1-18,29H/t26-/m0/s1. The number of aliphatic hydroxyl groups is 1. The zero-order valence-corrected chi connectivity index (χ0v) is 15.7. The van der Waals surface area contributed by atoms with Crippen LogP contribution in [-0.2, 0) is 5.72 Å². The Balaban J connectivity index is 1.79. The molecule has 1 amide bonds. The van der Waals surface area contributed by atoms with Crippen LogP contribution in [0.3, 0.4) is 0 Å². The minimum absolute atomic E-state index is 0.213. The summed E-state index contributed by atoms with van der Waals surface area (Å²) in [6, 6.07) is 34.3. The SMILES string of the molecule is O=C1c2ccccc2[C@@](O)(c2ccccc2)N1c1ccccc1-c1ccccc1. The normalized spacial score (nSPS) is 18.0. The topological polar surface area (TPSA) is 40.5 Å². The van der Waals surface area contributed by atoms with Crippen molar-refractivity contribution in [2.45, 2.75) is 5.72 Å². The Morgan fingerprint density at radius 1 is 0.621 bits per heavy atom. The number of hydrogen-bond acceptors (Lipinski definition) is 2. The van der Waals surface area contributed by atoms with Crippen molar-refractivity contribution < 1.29 is 9.90 Å². The molecule has 0 spiro atoms. The smallest absolute Gasteiger partial charge is 0.261 e. The number of nitrogens with zero attached hydrogens (tertiary/aromatic N) is 1. The molecular weight excluding hydrogens is 358 g/mol. The molecule has 0 aromatic heterocycles. The van der Waals surface area contributed by atoms with E-state index in [2.05, 4.69) is 0 Å². The molecular formula is C26H19NO2. The van der Waals surface area contributed by atoms with Crippen LogP contribution in [0.1, 0.15) is 21.5 Å². The Bertz CT molecular complexity index is 1190. The molecule has 0 aliphatic carbocycles. The summed E-state index contributed by atoms with van der Waals surface area (Å²) in [6.07, 6.45) is 0. The van der Waals surface area contributed by atoms with Crippen LogP contribution in [0.5, 0.6) is 0 Å². The summed E-state index contributed by atoms with van der Waals surface area (Å²) < 4.78 is 0. The molecule has 5 rings (SSSR count). The number of amides is 1. The minimum atomic E-state index is -1.58. The molecule has 0 radical (unpaired) electrons. The second kappa shape index (κ2) is 6.73. The van der Waals surface area contributed by atoms with E-state index in [-0.39, 0.29) is 5.91 Å². The number of carbonyl (C=O) groups is 1. The van der Waals surface area contributed by atoms with Gasteiger partial charge in [0.05, 0.1) is 5.69 Å². The predicted molar refractivity (Wildman–Crippen MR) is 115 cm³/mol. The van der Waals surface area contributed by atoms with Gasteiger partial charge in [0.2, 0.25) is 0 Å². The zero-order valence-electron chi connectivity index (χ0n) is 15.7. The highest BCUT2D eigenvalue weighted by molar-refractivity contribution is 6.14. The van der Waals surface area contributed by atoms with Crippen molar-refractivity contribution in [1.82, 2.24) is 0 Å². The number of hydrogen-bond donors (Lipinski definition) is 1. The molecule has 1 heterocycles. The monoisotopic (exact) mass is 377 g/mol. The molecule has 0 saturated carbocycles. The number of fused-ring (bicyclic) bond motifs is 1. The fourth-order valence-corrected chi connectivity index (χ4v) is 4.13. The van der Waals surface area contributed by atoms with Gasteiger partial charge in [0.15, 0.2) is 5.72 Å². The van der Waals surface area contributed by atoms with Crippen molar-refractivity contribution in [2.75, 3.05) is 4.90 Å². The highest BCUT2D eigenvalue weighted by Crippen LogP contribution is 2.47. The summed E-state index contributed by atoms with van der Waals surface area (Å²) in [7, 11) is 0. The van der Waals surface area contributed by atoms with E-state index in [4.69, 9.17) is 0 Å². The Morgan fingerprint density at radius 2 is 1.17 bits per heavy atom. The summed E-state index contributed by atoms with van der Waals surface area (Å²) in [5, 5.41) is 12.1. The first-order chi connectivity index (χ1) is 14.2.